The van der Waals surface area contributed by atoms with E-state index in [1.165, 1.54) is 12.1 Å². The average Bonchev–Trinajstić information content (AvgIpc) is 3.37. The van der Waals surface area contributed by atoms with Crippen LogP contribution in [0.25, 0.3) is 0 Å². The third-order valence-corrected chi connectivity index (χ3v) is 6.95. The van der Waals surface area contributed by atoms with Crippen LogP contribution in [0.15, 0.2) is 36.4 Å². The topological polar surface area (TPSA) is 75.3 Å². The lowest BCUT2D eigenvalue weighted by atomic mass is 9.83. The zero-order chi connectivity index (χ0) is 24.8. The molecule has 33 heavy (non-hydrogen) atoms. The number of halogens is 2. The van der Waals surface area contributed by atoms with Crippen LogP contribution in [-0.2, 0) is 25.6 Å². The lowest BCUT2D eigenvalue weighted by Crippen LogP contribution is -2.31. The maximum Gasteiger partial charge on any atom is 0.229 e. The van der Waals surface area contributed by atoms with Crippen molar-refractivity contribution in [2.24, 2.45) is 5.92 Å². The molecule has 0 saturated heterocycles. The molecule has 1 amide bonds. The summed E-state index contributed by atoms with van der Waals surface area (Å²) in [6.07, 6.45) is 2.23. The molecule has 0 bridgehead atoms. The molecule has 1 fully saturated rings. The molecule has 3 atom stereocenters. The zero-order valence-electron chi connectivity index (χ0n) is 19.9. The van der Waals surface area contributed by atoms with Gasteiger partial charge in [-0.15, -0.1) is 0 Å². The van der Waals surface area contributed by atoms with Gasteiger partial charge >= 0.3 is 0 Å². The Morgan fingerprint density at radius 1 is 1.15 bits per heavy atom. The van der Waals surface area contributed by atoms with Gasteiger partial charge in [0.2, 0.25) is 15.9 Å². The Morgan fingerprint density at radius 3 is 2.15 bits per heavy atom. The number of sulfonamides is 1. The van der Waals surface area contributed by atoms with Crippen molar-refractivity contribution < 1.29 is 22.0 Å². The second-order valence-electron chi connectivity index (χ2n) is 10.2. The highest BCUT2D eigenvalue weighted by molar-refractivity contribution is 7.92. The molecule has 2 aromatic carbocycles. The first-order chi connectivity index (χ1) is 15.2. The summed E-state index contributed by atoms with van der Waals surface area (Å²) in [5.41, 5.74) is 0.559. The maximum atomic E-state index is 14.7. The van der Waals surface area contributed by atoms with E-state index >= 15 is 0 Å². The second-order valence-corrected chi connectivity index (χ2v) is 12.0. The van der Waals surface area contributed by atoms with Crippen LogP contribution in [0.4, 0.5) is 14.5 Å². The molecule has 8 heteroatoms. The Balaban J connectivity index is 1.74. The van der Waals surface area contributed by atoms with Gasteiger partial charge in [0.15, 0.2) is 0 Å². The van der Waals surface area contributed by atoms with Crippen molar-refractivity contribution in [1.29, 1.82) is 0 Å². The summed E-state index contributed by atoms with van der Waals surface area (Å²) in [6, 6.07) is 9.30. The lowest BCUT2D eigenvalue weighted by Gasteiger charge is -2.23. The van der Waals surface area contributed by atoms with Crippen molar-refractivity contribution in [1.82, 2.24) is 5.32 Å². The van der Waals surface area contributed by atoms with E-state index in [4.69, 9.17) is 0 Å². The number of carbonyl (C=O) groups is 1. The summed E-state index contributed by atoms with van der Waals surface area (Å²) < 4.78 is 54.6. The van der Waals surface area contributed by atoms with Gasteiger partial charge in [0.05, 0.1) is 12.3 Å². The lowest BCUT2D eigenvalue weighted by molar-refractivity contribution is -0.123. The van der Waals surface area contributed by atoms with E-state index in [1.54, 1.807) is 45.0 Å². The Labute approximate surface area is 195 Å². The highest BCUT2D eigenvalue weighted by atomic mass is 32.2. The van der Waals surface area contributed by atoms with E-state index in [0.29, 0.717) is 24.1 Å². The van der Waals surface area contributed by atoms with E-state index in [9.17, 15) is 22.0 Å². The molecule has 1 aliphatic carbocycles. The first-order valence-corrected chi connectivity index (χ1v) is 12.9. The highest BCUT2D eigenvalue weighted by Gasteiger charge is 2.56. The van der Waals surface area contributed by atoms with Gasteiger partial charge in [0.25, 0.3) is 0 Å². The highest BCUT2D eigenvalue weighted by Crippen LogP contribution is 2.55. The molecule has 5 nitrogen and oxygen atoms in total. The van der Waals surface area contributed by atoms with E-state index in [2.05, 4.69) is 10.0 Å². The van der Waals surface area contributed by atoms with Crippen LogP contribution in [0.3, 0.4) is 0 Å². The average molecular weight is 479 g/mol. The Hall–Kier alpha value is -2.48. The number of benzene rings is 2. The van der Waals surface area contributed by atoms with Crippen LogP contribution < -0.4 is 10.0 Å². The monoisotopic (exact) mass is 478 g/mol. The van der Waals surface area contributed by atoms with Crippen molar-refractivity contribution in [3.8, 4) is 0 Å². The van der Waals surface area contributed by atoms with Gasteiger partial charge < -0.3 is 5.32 Å². The molecule has 0 heterocycles. The Kier molecular flexibility index (Phi) is 6.63. The van der Waals surface area contributed by atoms with Crippen LogP contribution in [-0.4, -0.2) is 20.6 Å². The molecule has 2 aromatic rings. The standard InChI is InChI=1S/C25H32F2N2O3S/c1-7-21(15-8-10-17(11-9-15)29-33(6,31)32)28-23(30)18-14-25(18,5)16-12-19(26)22(20(27)13-16)24(2,3)4/h8-13,18,21,29H,7,14H2,1-6H3,(H,28,30)/t18-,21?,25?/m0/s1. The molecule has 180 valence electrons. The number of carbonyl (C=O) groups excluding carboxylic acids is 1. The molecule has 2 N–H and O–H groups in total. The van der Waals surface area contributed by atoms with Crippen LogP contribution in [0.1, 0.15) is 70.2 Å². The molecular weight excluding hydrogens is 446 g/mol. The maximum absolute atomic E-state index is 14.7. The number of amides is 1. The van der Waals surface area contributed by atoms with Crippen molar-refractivity contribution in [3.63, 3.8) is 0 Å². The fraction of sp³-hybridized carbons (Fsp3) is 0.480. The minimum Gasteiger partial charge on any atom is -0.349 e. The number of hydrogen-bond acceptors (Lipinski definition) is 3. The number of nitrogens with one attached hydrogen (secondary N) is 2. The second kappa shape index (κ2) is 8.70. The van der Waals surface area contributed by atoms with E-state index in [-0.39, 0.29) is 23.4 Å². The van der Waals surface area contributed by atoms with Crippen LogP contribution in [0, 0.1) is 17.6 Å². The van der Waals surface area contributed by atoms with E-state index in [1.807, 2.05) is 13.8 Å². The third-order valence-electron chi connectivity index (χ3n) is 6.35. The van der Waals surface area contributed by atoms with Gasteiger partial charge in [-0.1, -0.05) is 46.8 Å². The quantitative estimate of drug-likeness (QED) is 0.576. The van der Waals surface area contributed by atoms with Gasteiger partial charge in [0, 0.05) is 22.6 Å². The van der Waals surface area contributed by atoms with Gasteiger partial charge in [0.1, 0.15) is 11.6 Å². The van der Waals surface area contributed by atoms with Gasteiger partial charge in [-0.25, -0.2) is 17.2 Å². The summed E-state index contributed by atoms with van der Waals surface area (Å²) in [6.45, 7) is 9.08. The van der Waals surface area contributed by atoms with Crippen molar-refractivity contribution in [3.05, 3.63) is 64.7 Å². The molecule has 0 aliphatic heterocycles. The molecule has 0 radical (unpaired) electrons. The van der Waals surface area contributed by atoms with Gasteiger partial charge in [-0.2, -0.15) is 0 Å². The first kappa shape index (κ1) is 25.1. The normalized spacial score (nSPS) is 21.4. The molecule has 1 saturated carbocycles. The van der Waals surface area contributed by atoms with Gasteiger partial charge in [-0.05, 0) is 53.6 Å². The number of anilines is 1. The number of hydrogen-bond donors (Lipinski definition) is 2. The first-order valence-electron chi connectivity index (χ1n) is 11.0. The fourth-order valence-corrected chi connectivity index (χ4v) is 4.94. The van der Waals surface area contributed by atoms with Crippen LogP contribution >= 0.6 is 0 Å². The summed E-state index contributed by atoms with van der Waals surface area (Å²) in [4.78, 5) is 13.0. The van der Waals surface area contributed by atoms with Crippen molar-refractivity contribution in [2.75, 3.05) is 11.0 Å². The third kappa shape index (κ3) is 5.54. The van der Waals surface area contributed by atoms with Gasteiger partial charge in [-0.3, -0.25) is 9.52 Å². The van der Waals surface area contributed by atoms with E-state index < -0.39 is 32.5 Å². The predicted octanol–water partition coefficient (Wildman–Crippen LogP) is 5.18. The van der Waals surface area contributed by atoms with Crippen molar-refractivity contribution in [2.45, 2.75) is 64.3 Å². The number of rotatable bonds is 7. The minimum absolute atomic E-state index is 0.0522. The molecule has 0 spiro atoms. The van der Waals surface area contributed by atoms with E-state index in [0.717, 1.165) is 11.8 Å². The molecule has 1 aliphatic rings. The van der Waals surface area contributed by atoms with Crippen LogP contribution in [0.2, 0.25) is 0 Å². The Bertz CT molecular complexity index is 1130. The smallest absolute Gasteiger partial charge is 0.229 e. The van der Waals surface area contributed by atoms with Crippen LogP contribution in [0.5, 0.6) is 0 Å². The SMILES string of the molecule is CCC(NC(=O)[C@@H]1CC1(C)c1cc(F)c(C(C)(C)C)c(F)c1)c1ccc(NS(C)(=O)=O)cc1. The predicted molar refractivity (Wildman–Crippen MR) is 127 cm³/mol. The zero-order valence-corrected chi connectivity index (χ0v) is 20.7. The Morgan fingerprint density at radius 2 is 1.70 bits per heavy atom. The minimum atomic E-state index is -3.37. The summed E-state index contributed by atoms with van der Waals surface area (Å²) in [5, 5.41) is 3.04. The molecule has 0 aromatic heterocycles. The summed E-state index contributed by atoms with van der Waals surface area (Å²) >= 11 is 0. The molecule has 3 rings (SSSR count). The molecule has 2 unspecified atom stereocenters. The van der Waals surface area contributed by atoms with Crippen molar-refractivity contribution >= 4 is 21.6 Å². The summed E-state index contributed by atoms with van der Waals surface area (Å²) in [7, 11) is -3.37. The summed E-state index contributed by atoms with van der Waals surface area (Å²) in [5.74, 6) is -1.71. The largest absolute Gasteiger partial charge is 0.349 e. The molecular formula is C25H32F2N2O3S. The fourth-order valence-electron chi connectivity index (χ4n) is 4.38.